The van der Waals surface area contributed by atoms with Crippen molar-refractivity contribution in [3.63, 3.8) is 0 Å². The van der Waals surface area contributed by atoms with Gasteiger partial charge in [0.05, 0.1) is 15.0 Å². The van der Waals surface area contributed by atoms with Crippen LogP contribution in [0.5, 0.6) is 10.8 Å². The van der Waals surface area contributed by atoms with Crippen molar-refractivity contribution in [3.05, 3.63) is 49.3 Å². The first kappa shape index (κ1) is 14.6. The van der Waals surface area contributed by atoms with Crippen LogP contribution in [0.3, 0.4) is 0 Å². The molecule has 20 heavy (non-hydrogen) atoms. The number of thiophene rings is 1. The third kappa shape index (κ3) is 3.01. The van der Waals surface area contributed by atoms with Gasteiger partial charge in [-0.2, -0.15) is 0 Å². The molecule has 0 spiro atoms. The largest absolute Gasteiger partial charge is 0.477 e. The molecule has 1 heterocycles. The van der Waals surface area contributed by atoms with Crippen molar-refractivity contribution >= 4 is 46.2 Å². The molecule has 2 aromatic rings. The molecule has 0 atom stereocenters. The highest BCUT2D eigenvalue weighted by atomic mass is 35.5. The average Bonchev–Trinajstić information content (AvgIpc) is 2.82. The predicted molar refractivity (Wildman–Crippen MR) is 74.5 cm³/mol. The van der Waals surface area contributed by atoms with E-state index in [1.165, 1.54) is 18.2 Å². The van der Waals surface area contributed by atoms with Crippen molar-refractivity contribution in [1.29, 1.82) is 0 Å². The number of nitrogens with zero attached hydrogens (tertiary/aromatic N) is 1. The van der Waals surface area contributed by atoms with Crippen LogP contribution in [0.4, 0.5) is 5.69 Å². The zero-order valence-electron chi connectivity index (χ0n) is 9.50. The van der Waals surface area contributed by atoms with E-state index in [0.717, 1.165) is 17.4 Å². The van der Waals surface area contributed by atoms with Gasteiger partial charge in [0.1, 0.15) is 4.88 Å². The molecule has 2 rings (SSSR count). The third-order valence-corrected chi connectivity index (χ3v) is 3.87. The molecule has 6 nitrogen and oxygen atoms in total. The maximum absolute atomic E-state index is 10.9. The molecule has 0 saturated carbocycles. The minimum absolute atomic E-state index is 0.0307. The third-order valence-electron chi connectivity index (χ3n) is 2.20. The van der Waals surface area contributed by atoms with Crippen LogP contribution in [0.1, 0.15) is 9.67 Å². The predicted octanol–water partition coefficient (Wildman–Crippen LogP) is 4.45. The van der Waals surface area contributed by atoms with Gasteiger partial charge in [0.15, 0.2) is 5.06 Å². The van der Waals surface area contributed by atoms with Crippen molar-refractivity contribution in [2.45, 2.75) is 0 Å². The van der Waals surface area contributed by atoms with Gasteiger partial charge in [0, 0.05) is 12.1 Å². The number of halogens is 2. The number of aromatic carboxylic acids is 1. The van der Waals surface area contributed by atoms with Gasteiger partial charge in [-0.3, -0.25) is 10.1 Å². The van der Waals surface area contributed by atoms with Gasteiger partial charge in [-0.1, -0.05) is 34.5 Å². The Bertz CT molecular complexity index is 700. The molecule has 0 fully saturated rings. The second kappa shape index (κ2) is 5.66. The van der Waals surface area contributed by atoms with Crippen LogP contribution >= 0.6 is 34.5 Å². The zero-order chi connectivity index (χ0) is 14.9. The second-order valence-corrected chi connectivity index (χ2v) is 5.38. The van der Waals surface area contributed by atoms with Crippen LogP contribution < -0.4 is 4.74 Å². The van der Waals surface area contributed by atoms with Gasteiger partial charge in [-0.15, -0.1) is 0 Å². The fraction of sp³-hybridized carbons (Fsp3) is 0. The maximum Gasteiger partial charge on any atom is 0.345 e. The van der Waals surface area contributed by atoms with Gasteiger partial charge >= 0.3 is 11.7 Å². The molecule has 1 aromatic carbocycles. The van der Waals surface area contributed by atoms with E-state index in [1.807, 2.05) is 0 Å². The number of carboxylic acids is 1. The maximum atomic E-state index is 10.9. The van der Waals surface area contributed by atoms with Crippen LogP contribution in [0, 0.1) is 10.1 Å². The number of carboxylic acid groups (broad SMARTS) is 1. The SMILES string of the molecule is O=C(O)c1ccc(Oc2cc(Cl)c(Cl)cc2[N+](=O)[O-])s1. The number of rotatable bonds is 4. The Hall–Kier alpha value is -1.83. The standard InChI is InChI=1S/C11H5Cl2NO5S/c12-5-3-7(14(17)18)8(4-6(5)13)19-10-2-1-9(20-10)11(15)16/h1-4H,(H,15,16). The topological polar surface area (TPSA) is 89.7 Å². The van der Waals surface area contributed by atoms with Gasteiger partial charge in [-0.05, 0) is 12.1 Å². The minimum atomic E-state index is -1.10. The van der Waals surface area contributed by atoms with Crippen LogP contribution in [0.2, 0.25) is 10.0 Å². The summed E-state index contributed by atoms with van der Waals surface area (Å²) in [6, 6.07) is 5.03. The van der Waals surface area contributed by atoms with E-state index in [1.54, 1.807) is 0 Å². The summed E-state index contributed by atoms with van der Waals surface area (Å²) in [5.41, 5.74) is -0.357. The number of benzene rings is 1. The molecule has 0 aliphatic heterocycles. The van der Waals surface area contributed by atoms with Crippen molar-refractivity contribution in [2.24, 2.45) is 0 Å². The minimum Gasteiger partial charge on any atom is -0.477 e. The number of hydrogen-bond acceptors (Lipinski definition) is 5. The molecule has 0 saturated heterocycles. The quantitative estimate of drug-likeness (QED) is 0.659. The molecule has 9 heteroatoms. The Kier molecular flexibility index (Phi) is 4.12. The first-order chi connectivity index (χ1) is 9.38. The first-order valence-corrected chi connectivity index (χ1v) is 6.60. The van der Waals surface area contributed by atoms with Crippen LogP contribution in [-0.4, -0.2) is 16.0 Å². The van der Waals surface area contributed by atoms with Crippen LogP contribution in [-0.2, 0) is 0 Å². The molecule has 0 aliphatic rings. The fourth-order valence-electron chi connectivity index (χ4n) is 1.34. The van der Waals surface area contributed by atoms with Gasteiger partial charge in [-0.25, -0.2) is 4.79 Å². The number of nitro benzene ring substituents is 1. The summed E-state index contributed by atoms with van der Waals surface area (Å²) in [5, 5.41) is 20.0. The molecule has 1 aromatic heterocycles. The van der Waals surface area contributed by atoms with Crippen molar-refractivity contribution in [1.82, 2.24) is 0 Å². The molecule has 0 unspecified atom stereocenters. The summed E-state index contributed by atoms with van der Waals surface area (Å²) in [7, 11) is 0. The molecule has 0 bridgehead atoms. The van der Waals surface area contributed by atoms with Crippen LogP contribution in [0.15, 0.2) is 24.3 Å². The highest BCUT2D eigenvalue weighted by molar-refractivity contribution is 7.15. The lowest BCUT2D eigenvalue weighted by molar-refractivity contribution is -0.385. The number of nitro groups is 1. The lowest BCUT2D eigenvalue weighted by Gasteiger charge is -2.05. The first-order valence-electron chi connectivity index (χ1n) is 5.03. The Morgan fingerprint density at radius 3 is 2.50 bits per heavy atom. The van der Waals surface area contributed by atoms with E-state index >= 15 is 0 Å². The Morgan fingerprint density at radius 1 is 1.30 bits per heavy atom. The molecule has 0 aliphatic carbocycles. The molecule has 0 amide bonds. The molecule has 0 radical (unpaired) electrons. The number of carbonyl (C=O) groups is 1. The van der Waals surface area contributed by atoms with Gasteiger partial charge < -0.3 is 9.84 Å². The Labute approximate surface area is 126 Å². The van der Waals surface area contributed by atoms with Crippen molar-refractivity contribution < 1.29 is 19.6 Å². The summed E-state index contributed by atoms with van der Waals surface area (Å²) in [4.78, 5) is 21.1. The lowest BCUT2D eigenvalue weighted by Crippen LogP contribution is -1.93. The Morgan fingerprint density at radius 2 is 1.95 bits per heavy atom. The smallest absolute Gasteiger partial charge is 0.345 e. The monoisotopic (exact) mass is 333 g/mol. The van der Waals surface area contributed by atoms with Gasteiger partial charge in [0.2, 0.25) is 5.75 Å². The van der Waals surface area contributed by atoms with E-state index in [2.05, 4.69) is 0 Å². The second-order valence-electron chi connectivity index (χ2n) is 3.52. The lowest BCUT2D eigenvalue weighted by atomic mass is 10.3. The number of ether oxygens (including phenoxy) is 1. The van der Waals surface area contributed by atoms with Gasteiger partial charge in [0.25, 0.3) is 0 Å². The summed E-state index contributed by atoms with van der Waals surface area (Å²) in [6.07, 6.45) is 0. The summed E-state index contributed by atoms with van der Waals surface area (Å²) >= 11 is 12.3. The summed E-state index contributed by atoms with van der Waals surface area (Å²) in [5.74, 6) is -1.21. The molecular formula is C11H5Cl2NO5S. The highest BCUT2D eigenvalue weighted by Crippen LogP contribution is 2.39. The van der Waals surface area contributed by atoms with E-state index in [4.69, 9.17) is 33.0 Å². The Balaban J connectivity index is 2.39. The summed E-state index contributed by atoms with van der Waals surface area (Å²) < 4.78 is 5.31. The summed E-state index contributed by atoms with van der Waals surface area (Å²) in [6.45, 7) is 0. The van der Waals surface area contributed by atoms with E-state index < -0.39 is 10.9 Å². The molecule has 1 N–H and O–H groups in total. The highest BCUT2D eigenvalue weighted by Gasteiger charge is 2.20. The van der Waals surface area contributed by atoms with E-state index in [9.17, 15) is 14.9 Å². The van der Waals surface area contributed by atoms with E-state index in [-0.39, 0.29) is 31.4 Å². The van der Waals surface area contributed by atoms with Crippen LogP contribution in [0.25, 0.3) is 0 Å². The number of hydrogen-bond donors (Lipinski definition) is 1. The molecule has 104 valence electrons. The van der Waals surface area contributed by atoms with Crippen molar-refractivity contribution in [3.8, 4) is 10.8 Å². The molecular weight excluding hydrogens is 329 g/mol. The normalized spacial score (nSPS) is 10.3. The zero-order valence-corrected chi connectivity index (χ0v) is 11.8. The van der Waals surface area contributed by atoms with Crippen molar-refractivity contribution in [2.75, 3.05) is 0 Å². The average molecular weight is 334 g/mol. The van der Waals surface area contributed by atoms with E-state index in [0.29, 0.717) is 0 Å². The fourth-order valence-corrected chi connectivity index (χ4v) is 2.36.